The van der Waals surface area contributed by atoms with E-state index in [1.807, 2.05) is 30.3 Å². The summed E-state index contributed by atoms with van der Waals surface area (Å²) in [5.41, 5.74) is 3.37. The molecule has 2 heterocycles. The number of hydrogen-bond acceptors (Lipinski definition) is 4. The summed E-state index contributed by atoms with van der Waals surface area (Å²) in [7, 11) is 0. The van der Waals surface area contributed by atoms with Crippen LogP contribution in [0.3, 0.4) is 0 Å². The lowest BCUT2D eigenvalue weighted by Crippen LogP contribution is -2.35. The number of aromatic amines is 1. The molecule has 0 saturated heterocycles. The minimum Gasteiger partial charge on any atom is -0.507 e. The maximum absolute atomic E-state index is 12.9. The van der Waals surface area contributed by atoms with Gasteiger partial charge >= 0.3 is 0 Å². The van der Waals surface area contributed by atoms with E-state index >= 15 is 0 Å². The summed E-state index contributed by atoms with van der Waals surface area (Å²) in [6.07, 6.45) is 2.47. The fourth-order valence-electron chi connectivity index (χ4n) is 3.08. The van der Waals surface area contributed by atoms with Gasteiger partial charge in [-0.25, -0.2) is 0 Å². The van der Waals surface area contributed by atoms with Crippen molar-refractivity contribution in [1.29, 1.82) is 0 Å². The second-order valence-corrected chi connectivity index (χ2v) is 6.30. The second kappa shape index (κ2) is 6.92. The van der Waals surface area contributed by atoms with Crippen molar-refractivity contribution in [2.24, 2.45) is 0 Å². The topological polar surface area (TPSA) is 78.5 Å². The summed E-state index contributed by atoms with van der Waals surface area (Å²) in [6.45, 7) is 1.48. The zero-order chi connectivity index (χ0) is 17.9. The van der Waals surface area contributed by atoms with E-state index in [2.05, 4.69) is 10.2 Å². The van der Waals surface area contributed by atoms with E-state index in [1.165, 1.54) is 6.07 Å². The molecule has 2 N–H and O–H groups in total. The average Bonchev–Trinajstić information content (AvgIpc) is 3.15. The number of phenolic OH excluding ortho intramolecular Hbond substituents is 1. The number of carbonyl (C=O) groups excluding carboxylic acids is 1. The Balaban J connectivity index is 1.50. The third kappa shape index (κ3) is 3.26. The standard InChI is InChI=1S/C20H19N3O3/c24-19-7-6-16(26-13-14-4-2-1-3-5-14)10-17(19)20(25)23-9-8-18-15(12-23)11-21-22-18/h1-7,10-11,24H,8-9,12-13H2,(H,21,22). The largest absolute Gasteiger partial charge is 0.507 e. The molecule has 2 aromatic carbocycles. The van der Waals surface area contributed by atoms with E-state index in [9.17, 15) is 9.90 Å². The predicted octanol–water partition coefficient (Wildman–Crippen LogP) is 2.89. The fourth-order valence-corrected chi connectivity index (χ4v) is 3.08. The minimum atomic E-state index is -0.209. The number of nitrogens with one attached hydrogen (secondary N) is 1. The molecule has 0 bridgehead atoms. The zero-order valence-corrected chi connectivity index (χ0v) is 14.2. The lowest BCUT2D eigenvalue weighted by atomic mass is 10.1. The van der Waals surface area contributed by atoms with Crippen molar-refractivity contribution in [2.45, 2.75) is 19.6 Å². The Kier molecular flexibility index (Phi) is 4.31. The Hall–Kier alpha value is -3.28. The van der Waals surface area contributed by atoms with Gasteiger partial charge in [-0.15, -0.1) is 0 Å². The minimum absolute atomic E-state index is 0.0416. The summed E-state index contributed by atoms with van der Waals surface area (Å²) in [5, 5.41) is 17.1. The van der Waals surface area contributed by atoms with Gasteiger partial charge in [-0.3, -0.25) is 9.89 Å². The highest BCUT2D eigenvalue weighted by Gasteiger charge is 2.25. The summed E-state index contributed by atoms with van der Waals surface area (Å²) in [5.74, 6) is 0.301. The predicted molar refractivity (Wildman–Crippen MR) is 95.9 cm³/mol. The molecule has 0 fully saturated rings. The first-order valence-corrected chi connectivity index (χ1v) is 8.51. The van der Waals surface area contributed by atoms with Crippen molar-refractivity contribution in [1.82, 2.24) is 15.1 Å². The van der Waals surface area contributed by atoms with Crippen molar-refractivity contribution < 1.29 is 14.6 Å². The van der Waals surface area contributed by atoms with Gasteiger partial charge in [0.05, 0.1) is 11.8 Å². The van der Waals surface area contributed by atoms with Gasteiger partial charge in [0.25, 0.3) is 5.91 Å². The van der Waals surface area contributed by atoms with E-state index in [0.717, 1.165) is 23.2 Å². The van der Waals surface area contributed by atoms with Gasteiger partial charge in [-0.2, -0.15) is 5.10 Å². The second-order valence-electron chi connectivity index (χ2n) is 6.30. The molecule has 26 heavy (non-hydrogen) atoms. The highest BCUT2D eigenvalue weighted by molar-refractivity contribution is 5.97. The highest BCUT2D eigenvalue weighted by Crippen LogP contribution is 2.27. The molecule has 0 radical (unpaired) electrons. The third-order valence-electron chi connectivity index (χ3n) is 4.53. The number of amides is 1. The fraction of sp³-hybridized carbons (Fsp3) is 0.200. The molecule has 0 aliphatic carbocycles. The van der Waals surface area contributed by atoms with Crippen LogP contribution in [0, 0.1) is 0 Å². The molecule has 4 rings (SSSR count). The zero-order valence-electron chi connectivity index (χ0n) is 14.2. The third-order valence-corrected chi connectivity index (χ3v) is 4.53. The molecule has 1 aromatic heterocycles. The van der Waals surface area contributed by atoms with Crippen LogP contribution in [0.25, 0.3) is 0 Å². The van der Waals surface area contributed by atoms with E-state index in [1.54, 1.807) is 23.2 Å². The van der Waals surface area contributed by atoms with Crippen LogP contribution in [0.2, 0.25) is 0 Å². The first-order valence-electron chi connectivity index (χ1n) is 8.51. The Morgan fingerprint density at radius 1 is 1.23 bits per heavy atom. The molecule has 6 heteroatoms. The first kappa shape index (κ1) is 16.2. The van der Waals surface area contributed by atoms with Crippen LogP contribution < -0.4 is 4.74 Å². The summed E-state index contributed by atoms with van der Waals surface area (Å²) >= 11 is 0. The van der Waals surface area contributed by atoms with Gasteiger partial charge in [0, 0.05) is 30.8 Å². The van der Waals surface area contributed by atoms with E-state index < -0.39 is 0 Å². The highest BCUT2D eigenvalue weighted by atomic mass is 16.5. The number of nitrogens with zero attached hydrogens (tertiary/aromatic N) is 2. The van der Waals surface area contributed by atoms with Crippen molar-refractivity contribution in [3.63, 3.8) is 0 Å². The molecule has 3 aromatic rings. The number of phenols is 1. The number of aromatic hydroxyl groups is 1. The van der Waals surface area contributed by atoms with Crippen LogP contribution >= 0.6 is 0 Å². The van der Waals surface area contributed by atoms with E-state index in [4.69, 9.17) is 4.74 Å². The maximum atomic E-state index is 12.9. The van der Waals surface area contributed by atoms with Gasteiger partial charge in [-0.1, -0.05) is 30.3 Å². The number of aromatic nitrogens is 2. The van der Waals surface area contributed by atoms with Crippen LogP contribution in [0.4, 0.5) is 0 Å². The van der Waals surface area contributed by atoms with Crippen LogP contribution in [-0.4, -0.2) is 32.7 Å². The number of fused-ring (bicyclic) bond motifs is 1. The molecule has 1 amide bonds. The van der Waals surface area contributed by atoms with E-state index in [0.29, 0.717) is 25.4 Å². The Morgan fingerprint density at radius 3 is 2.92 bits per heavy atom. The van der Waals surface area contributed by atoms with Crippen molar-refractivity contribution in [2.75, 3.05) is 6.54 Å². The SMILES string of the molecule is O=C(c1cc(OCc2ccccc2)ccc1O)N1CCc2[nH]ncc2C1. The van der Waals surface area contributed by atoms with Gasteiger partial charge < -0.3 is 14.7 Å². The van der Waals surface area contributed by atoms with Crippen LogP contribution in [0.5, 0.6) is 11.5 Å². The Bertz CT molecular complexity index is 921. The number of benzene rings is 2. The van der Waals surface area contributed by atoms with Crippen LogP contribution in [0.15, 0.2) is 54.7 Å². The van der Waals surface area contributed by atoms with Gasteiger partial charge in [0.1, 0.15) is 18.1 Å². The molecular weight excluding hydrogens is 330 g/mol. The Labute approximate surface area is 151 Å². The van der Waals surface area contributed by atoms with Crippen LogP contribution in [-0.2, 0) is 19.6 Å². The molecular formula is C20H19N3O3. The summed E-state index contributed by atoms with van der Waals surface area (Å²) in [6, 6.07) is 14.6. The molecule has 0 unspecified atom stereocenters. The number of rotatable bonds is 4. The van der Waals surface area contributed by atoms with Gasteiger partial charge in [0.15, 0.2) is 0 Å². The lowest BCUT2D eigenvalue weighted by molar-refractivity contribution is 0.0730. The summed E-state index contributed by atoms with van der Waals surface area (Å²) < 4.78 is 5.77. The Morgan fingerprint density at radius 2 is 2.08 bits per heavy atom. The molecule has 6 nitrogen and oxygen atoms in total. The molecule has 132 valence electrons. The number of carbonyl (C=O) groups is 1. The lowest BCUT2D eigenvalue weighted by Gasteiger charge is -2.27. The van der Waals surface area contributed by atoms with Gasteiger partial charge in [0.2, 0.25) is 0 Å². The molecule has 0 atom stereocenters. The van der Waals surface area contributed by atoms with Crippen molar-refractivity contribution in [3.05, 3.63) is 77.1 Å². The smallest absolute Gasteiger partial charge is 0.258 e. The normalized spacial score (nSPS) is 13.3. The van der Waals surface area contributed by atoms with Crippen molar-refractivity contribution in [3.8, 4) is 11.5 Å². The number of ether oxygens (including phenoxy) is 1. The first-order chi connectivity index (χ1) is 12.7. The monoisotopic (exact) mass is 349 g/mol. The molecule has 1 aliphatic rings. The molecule has 0 spiro atoms. The van der Waals surface area contributed by atoms with Gasteiger partial charge in [-0.05, 0) is 23.8 Å². The average molecular weight is 349 g/mol. The van der Waals surface area contributed by atoms with Crippen LogP contribution in [0.1, 0.15) is 27.2 Å². The number of hydrogen-bond donors (Lipinski definition) is 2. The molecule has 1 aliphatic heterocycles. The summed E-state index contributed by atoms with van der Waals surface area (Å²) in [4.78, 5) is 14.6. The number of H-pyrrole nitrogens is 1. The molecule has 0 saturated carbocycles. The van der Waals surface area contributed by atoms with E-state index in [-0.39, 0.29) is 17.2 Å². The quantitative estimate of drug-likeness (QED) is 0.759. The van der Waals surface area contributed by atoms with Crippen molar-refractivity contribution >= 4 is 5.91 Å². The maximum Gasteiger partial charge on any atom is 0.258 e.